The number of aromatic nitrogens is 2. The fourth-order valence-corrected chi connectivity index (χ4v) is 1.67. The minimum Gasteiger partial charge on any atom is -0.439 e. The molecule has 0 aliphatic carbocycles. The number of hydrogen-bond donors (Lipinski definition) is 1. The molecule has 0 radical (unpaired) electrons. The van der Waals surface area contributed by atoms with Crippen LogP contribution in [0.15, 0.2) is 30.3 Å². The minimum absolute atomic E-state index is 0.414. The molecule has 94 valence electrons. The zero-order valence-electron chi connectivity index (χ0n) is 10.8. The van der Waals surface area contributed by atoms with Crippen LogP contribution in [0.4, 0.5) is 5.82 Å². The van der Waals surface area contributed by atoms with E-state index in [1.54, 1.807) is 13.0 Å². The summed E-state index contributed by atoms with van der Waals surface area (Å²) < 4.78 is 5.70. The van der Waals surface area contributed by atoms with Crippen LogP contribution in [0.25, 0.3) is 0 Å². The molecule has 1 aromatic carbocycles. The van der Waals surface area contributed by atoms with Crippen LogP contribution in [0.3, 0.4) is 0 Å². The average Bonchev–Trinajstić information content (AvgIpc) is 2.27. The van der Waals surface area contributed by atoms with Gasteiger partial charge in [0.1, 0.15) is 17.4 Å². The van der Waals surface area contributed by atoms with E-state index >= 15 is 0 Å². The summed E-state index contributed by atoms with van der Waals surface area (Å²) in [5.74, 6) is 2.72. The van der Waals surface area contributed by atoms with E-state index in [9.17, 15) is 0 Å². The van der Waals surface area contributed by atoms with Gasteiger partial charge in [0.2, 0.25) is 5.88 Å². The first-order valence-corrected chi connectivity index (χ1v) is 5.93. The Kier molecular flexibility index (Phi) is 3.46. The van der Waals surface area contributed by atoms with Gasteiger partial charge in [-0.1, -0.05) is 26.0 Å². The van der Waals surface area contributed by atoms with Gasteiger partial charge in [-0.3, -0.25) is 0 Å². The molecular formula is C14H17N3O. The Labute approximate surface area is 107 Å². The Hall–Kier alpha value is -2.10. The zero-order chi connectivity index (χ0) is 13.1. The second-order valence-electron chi connectivity index (χ2n) is 4.51. The van der Waals surface area contributed by atoms with Gasteiger partial charge in [-0.15, -0.1) is 0 Å². The molecular weight excluding hydrogens is 226 g/mol. The highest BCUT2D eigenvalue weighted by atomic mass is 16.5. The van der Waals surface area contributed by atoms with Crippen molar-refractivity contribution < 1.29 is 4.74 Å². The lowest BCUT2D eigenvalue weighted by Gasteiger charge is -2.09. The van der Waals surface area contributed by atoms with E-state index in [-0.39, 0.29) is 0 Å². The Bertz CT molecular complexity index is 532. The number of ether oxygens (including phenoxy) is 1. The van der Waals surface area contributed by atoms with Gasteiger partial charge in [-0.2, -0.15) is 4.98 Å². The summed E-state index contributed by atoms with van der Waals surface area (Å²) in [6.45, 7) is 6.08. The molecule has 4 nitrogen and oxygen atoms in total. The van der Waals surface area contributed by atoms with Gasteiger partial charge in [0.15, 0.2) is 0 Å². The van der Waals surface area contributed by atoms with Gasteiger partial charge < -0.3 is 10.5 Å². The van der Waals surface area contributed by atoms with E-state index in [1.807, 2.05) is 18.2 Å². The Balaban J connectivity index is 2.25. The second-order valence-corrected chi connectivity index (χ2v) is 4.51. The third kappa shape index (κ3) is 2.97. The molecule has 2 N–H and O–H groups in total. The molecule has 0 saturated carbocycles. The number of nitrogen functional groups attached to an aromatic ring is 1. The van der Waals surface area contributed by atoms with Gasteiger partial charge in [0.25, 0.3) is 0 Å². The molecule has 0 spiro atoms. The summed E-state index contributed by atoms with van der Waals surface area (Å²) in [6.07, 6.45) is 0. The zero-order valence-corrected chi connectivity index (χ0v) is 10.8. The molecule has 0 bridgehead atoms. The van der Waals surface area contributed by atoms with Crippen molar-refractivity contribution in [3.05, 3.63) is 41.7 Å². The first-order valence-electron chi connectivity index (χ1n) is 5.93. The molecule has 4 heteroatoms. The third-order valence-electron chi connectivity index (χ3n) is 2.58. The highest BCUT2D eigenvalue weighted by Crippen LogP contribution is 2.24. The van der Waals surface area contributed by atoms with Gasteiger partial charge in [-0.25, -0.2) is 4.98 Å². The third-order valence-corrected chi connectivity index (χ3v) is 2.58. The van der Waals surface area contributed by atoms with Crippen molar-refractivity contribution in [1.29, 1.82) is 0 Å². The summed E-state index contributed by atoms with van der Waals surface area (Å²) in [4.78, 5) is 8.20. The van der Waals surface area contributed by atoms with Crippen molar-refractivity contribution in [2.75, 3.05) is 5.73 Å². The maximum absolute atomic E-state index is 5.70. The highest BCUT2D eigenvalue weighted by molar-refractivity contribution is 5.37. The fourth-order valence-electron chi connectivity index (χ4n) is 1.67. The van der Waals surface area contributed by atoms with E-state index in [0.29, 0.717) is 23.4 Å². The molecule has 0 unspecified atom stereocenters. The lowest BCUT2D eigenvalue weighted by atomic mass is 10.0. The summed E-state index contributed by atoms with van der Waals surface area (Å²) in [5, 5.41) is 0. The number of benzene rings is 1. The first kappa shape index (κ1) is 12.4. The van der Waals surface area contributed by atoms with Crippen molar-refractivity contribution in [1.82, 2.24) is 9.97 Å². The van der Waals surface area contributed by atoms with E-state index in [2.05, 4.69) is 29.9 Å². The summed E-state index contributed by atoms with van der Waals surface area (Å²) >= 11 is 0. The van der Waals surface area contributed by atoms with Crippen LogP contribution in [0.2, 0.25) is 0 Å². The molecule has 0 aliphatic heterocycles. The molecule has 2 rings (SSSR count). The van der Waals surface area contributed by atoms with Crippen molar-refractivity contribution >= 4 is 5.82 Å². The van der Waals surface area contributed by atoms with Crippen LogP contribution in [0.1, 0.15) is 31.2 Å². The predicted octanol–water partition coefficient (Wildman–Crippen LogP) is 3.28. The molecule has 2 aromatic rings. The molecule has 0 atom stereocenters. The van der Waals surface area contributed by atoms with Crippen molar-refractivity contribution in [3.8, 4) is 11.6 Å². The lowest BCUT2D eigenvalue weighted by Crippen LogP contribution is -1.98. The Morgan fingerprint density at radius 2 is 1.94 bits per heavy atom. The van der Waals surface area contributed by atoms with Crippen LogP contribution < -0.4 is 10.5 Å². The van der Waals surface area contributed by atoms with E-state index in [4.69, 9.17) is 10.5 Å². The highest BCUT2D eigenvalue weighted by Gasteiger charge is 2.04. The number of rotatable bonds is 3. The number of anilines is 1. The van der Waals surface area contributed by atoms with E-state index in [0.717, 1.165) is 5.75 Å². The lowest BCUT2D eigenvalue weighted by molar-refractivity contribution is 0.459. The topological polar surface area (TPSA) is 61.0 Å². The minimum atomic E-state index is 0.414. The van der Waals surface area contributed by atoms with Gasteiger partial charge in [0.05, 0.1) is 0 Å². The van der Waals surface area contributed by atoms with E-state index in [1.165, 1.54) is 5.56 Å². The van der Waals surface area contributed by atoms with Crippen LogP contribution in [-0.4, -0.2) is 9.97 Å². The quantitative estimate of drug-likeness (QED) is 0.898. The maximum atomic E-state index is 5.70. The van der Waals surface area contributed by atoms with Crippen molar-refractivity contribution in [2.24, 2.45) is 0 Å². The number of aryl methyl sites for hydroxylation is 1. The molecule has 0 aliphatic rings. The molecule has 1 aromatic heterocycles. The maximum Gasteiger partial charge on any atom is 0.224 e. The van der Waals surface area contributed by atoms with Crippen molar-refractivity contribution in [2.45, 2.75) is 26.7 Å². The standard InChI is InChI=1S/C14H17N3O/c1-9(2)11-5-4-6-12(7-11)18-14-8-13(15)16-10(3)17-14/h4-9H,1-3H3,(H2,15,16,17). The van der Waals surface area contributed by atoms with Crippen molar-refractivity contribution in [3.63, 3.8) is 0 Å². The number of nitrogens with zero attached hydrogens (tertiary/aromatic N) is 2. The van der Waals surface area contributed by atoms with Crippen LogP contribution in [-0.2, 0) is 0 Å². The average molecular weight is 243 g/mol. The smallest absolute Gasteiger partial charge is 0.224 e. The normalized spacial score (nSPS) is 10.7. The van der Waals surface area contributed by atoms with Crippen LogP contribution in [0.5, 0.6) is 11.6 Å². The Morgan fingerprint density at radius 3 is 2.61 bits per heavy atom. The SMILES string of the molecule is Cc1nc(N)cc(Oc2cccc(C(C)C)c2)n1. The predicted molar refractivity (Wildman–Crippen MR) is 71.8 cm³/mol. The molecule has 18 heavy (non-hydrogen) atoms. The largest absolute Gasteiger partial charge is 0.439 e. The van der Waals surface area contributed by atoms with Gasteiger partial charge in [0, 0.05) is 6.07 Å². The molecule has 0 saturated heterocycles. The molecule has 0 fully saturated rings. The first-order chi connectivity index (χ1) is 8.54. The van der Waals surface area contributed by atoms with Crippen LogP contribution in [0, 0.1) is 6.92 Å². The van der Waals surface area contributed by atoms with E-state index < -0.39 is 0 Å². The summed E-state index contributed by atoms with van der Waals surface area (Å²) in [5.41, 5.74) is 6.89. The molecule has 0 amide bonds. The van der Waals surface area contributed by atoms with Crippen LogP contribution >= 0.6 is 0 Å². The number of hydrogen-bond acceptors (Lipinski definition) is 4. The second kappa shape index (κ2) is 5.04. The van der Waals surface area contributed by atoms with Gasteiger partial charge >= 0.3 is 0 Å². The summed E-state index contributed by atoms with van der Waals surface area (Å²) in [6, 6.07) is 9.59. The Morgan fingerprint density at radius 1 is 1.17 bits per heavy atom. The summed E-state index contributed by atoms with van der Waals surface area (Å²) in [7, 11) is 0. The number of nitrogens with two attached hydrogens (primary N) is 1. The molecule has 1 heterocycles. The monoisotopic (exact) mass is 243 g/mol. The van der Waals surface area contributed by atoms with Gasteiger partial charge in [-0.05, 0) is 30.5 Å². The fraction of sp³-hybridized carbons (Fsp3) is 0.286.